The summed E-state index contributed by atoms with van der Waals surface area (Å²) in [5.41, 5.74) is 0.826. The van der Waals surface area contributed by atoms with E-state index in [-0.39, 0.29) is 12.4 Å². The van der Waals surface area contributed by atoms with Crippen LogP contribution in [0.2, 0.25) is 0 Å². The predicted octanol–water partition coefficient (Wildman–Crippen LogP) is 3.94. The molecule has 2 rings (SSSR count). The molecule has 0 unspecified atom stereocenters. The Kier molecular flexibility index (Phi) is 5.33. The third-order valence-electron chi connectivity index (χ3n) is 3.10. The number of nitrogens with one attached hydrogen (secondary N) is 1. The van der Waals surface area contributed by atoms with E-state index in [0.717, 1.165) is 36.1 Å². The summed E-state index contributed by atoms with van der Waals surface area (Å²) < 4.78 is 37.5. The van der Waals surface area contributed by atoms with E-state index in [4.69, 9.17) is 9.15 Å². The van der Waals surface area contributed by atoms with Crippen molar-refractivity contribution in [1.29, 1.82) is 0 Å². The van der Waals surface area contributed by atoms with E-state index in [9.17, 15) is 8.78 Å². The van der Waals surface area contributed by atoms with Crippen LogP contribution in [0.25, 0.3) is 0 Å². The highest BCUT2D eigenvalue weighted by Gasteiger charge is 2.11. The van der Waals surface area contributed by atoms with Gasteiger partial charge in [-0.25, -0.2) is 4.39 Å². The van der Waals surface area contributed by atoms with Gasteiger partial charge in [0.15, 0.2) is 11.6 Å². The Morgan fingerprint density at radius 2 is 2.10 bits per heavy atom. The molecule has 0 aliphatic heterocycles. The zero-order valence-corrected chi connectivity index (χ0v) is 12.2. The van der Waals surface area contributed by atoms with Crippen molar-refractivity contribution < 1.29 is 17.9 Å². The molecule has 1 aromatic heterocycles. The van der Waals surface area contributed by atoms with Gasteiger partial charge in [0.25, 0.3) is 0 Å². The average molecular weight is 295 g/mol. The van der Waals surface area contributed by atoms with Crippen molar-refractivity contribution in [3.8, 4) is 5.75 Å². The number of benzene rings is 1. The summed E-state index contributed by atoms with van der Waals surface area (Å²) in [7, 11) is 0. The first-order valence-electron chi connectivity index (χ1n) is 6.97. The van der Waals surface area contributed by atoms with Crippen LogP contribution in [-0.2, 0) is 13.2 Å². The molecule has 0 aliphatic carbocycles. The average Bonchev–Trinajstić information content (AvgIpc) is 2.81. The smallest absolute Gasteiger partial charge is 0.200 e. The zero-order valence-electron chi connectivity index (χ0n) is 12.2. The second-order valence-electron chi connectivity index (χ2n) is 4.81. The van der Waals surface area contributed by atoms with Crippen LogP contribution in [0, 0.1) is 18.6 Å². The molecule has 0 bridgehead atoms. The molecular formula is C16H19F2NO2. The van der Waals surface area contributed by atoms with Gasteiger partial charge in [-0.05, 0) is 38.1 Å². The second-order valence-corrected chi connectivity index (χ2v) is 4.81. The molecule has 1 N–H and O–H groups in total. The van der Waals surface area contributed by atoms with E-state index < -0.39 is 11.6 Å². The van der Waals surface area contributed by atoms with Crippen molar-refractivity contribution in [3.63, 3.8) is 0 Å². The minimum Gasteiger partial charge on any atom is -0.486 e. The molecule has 2 aromatic rings. The quantitative estimate of drug-likeness (QED) is 0.786. The van der Waals surface area contributed by atoms with E-state index in [2.05, 4.69) is 12.2 Å². The van der Waals surface area contributed by atoms with Gasteiger partial charge in [0.05, 0.1) is 6.54 Å². The van der Waals surface area contributed by atoms with Gasteiger partial charge in [-0.1, -0.05) is 13.0 Å². The first kappa shape index (κ1) is 15.5. The van der Waals surface area contributed by atoms with Crippen LogP contribution < -0.4 is 10.1 Å². The molecular weight excluding hydrogens is 276 g/mol. The summed E-state index contributed by atoms with van der Waals surface area (Å²) in [6, 6.07) is 5.74. The molecule has 1 heterocycles. The molecule has 5 heteroatoms. The maximum Gasteiger partial charge on any atom is 0.200 e. The first-order valence-corrected chi connectivity index (χ1v) is 6.97. The Morgan fingerprint density at radius 1 is 1.29 bits per heavy atom. The molecule has 0 fully saturated rings. The number of rotatable bonds is 7. The maximum atomic E-state index is 13.5. The molecule has 0 amide bonds. The second kappa shape index (κ2) is 7.22. The molecule has 0 radical (unpaired) electrons. The van der Waals surface area contributed by atoms with Crippen molar-refractivity contribution in [1.82, 2.24) is 5.32 Å². The van der Waals surface area contributed by atoms with Crippen LogP contribution in [0.4, 0.5) is 8.78 Å². The fourth-order valence-corrected chi connectivity index (χ4v) is 1.96. The Labute approximate surface area is 122 Å². The highest BCUT2D eigenvalue weighted by atomic mass is 19.2. The van der Waals surface area contributed by atoms with Crippen molar-refractivity contribution in [2.45, 2.75) is 33.4 Å². The first-order chi connectivity index (χ1) is 10.1. The molecule has 0 saturated carbocycles. The summed E-state index contributed by atoms with van der Waals surface area (Å²) in [6.45, 7) is 5.61. The van der Waals surface area contributed by atoms with Gasteiger partial charge in [-0.2, -0.15) is 4.39 Å². The van der Waals surface area contributed by atoms with Crippen molar-refractivity contribution in [2.75, 3.05) is 6.54 Å². The van der Waals surface area contributed by atoms with Gasteiger partial charge >= 0.3 is 0 Å². The fraction of sp³-hybridized carbons (Fsp3) is 0.375. The van der Waals surface area contributed by atoms with E-state index in [0.29, 0.717) is 6.54 Å². The van der Waals surface area contributed by atoms with Gasteiger partial charge in [0.1, 0.15) is 18.1 Å². The van der Waals surface area contributed by atoms with Crippen molar-refractivity contribution >= 4 is 0 Å². The van der Waals surface area contributed by atoms with Crippen molar-refractivity contribution in [3.05, 3.63) is 53.0 Å². The van der Waals surface area contributed by atoms with Gasteiger partial charge in [-0.3, -0.25) is 0 Å². The normalized spacial score (nSPS) is 10.9. The van der Waals surface area contributed by atoms with Crippen LogP contribution >= 0.6 is 0 Å². The largest absolute Gasteiger partial charge is 0.486 e. The van der Waals surface area contributed by atoms with E-state index >= 15 is 0 Å². The van der Waals surface area contributed by atoms with E-state index in [1.54, 1.807) is 0 Å². The molecule has 114 valence electrons. The van der Waals surface area contributed by atoms with Crippen LogP contribution in [0.1, 0.15) is 30.4 Å². The van der Waals surface area contributed by atoms with Crippen LogP contribution in [0.15, 0.2) is 28.7 Å². The number of hydrogen-bond donors (Lipinski definition) is 1. The summed E-state index contributed by atoms with van der Waals surface area (Å²) in [5.74, 6) is -0.454. The Hall–Kier alpha value is -1.88. The molecule has 0 spiro atoms. The monoisotopic (exact) mass is 295 g/mol. The summed E-state index contributed by atoms with van der Waals surface area (Å²) in [6.07, 6.45) is 1.05. The fourth-order valence-electron chi connectivity index (χ4n) is 1.96. The lowest BCUT2D eigenvalue weighted by atomic mass is 10.2. The number of ether oxygens (including phenoxy) is 1. The lowest BCUT2D eigenvalue weighted by Gasteiger charge is -2.06. The zero-order chi connectivity index (χ0) is 15.2. The molecule has 3 nitrogen and oxygen atoms in total. The lowest BCUT2D eigenvalue weighted by molar-refractivity contribution is 0.282. The van der Waals surface area contributed by atoms with Crippen LogP contribution in [0.5, 0.6) is 5.75 Å². The SMILES string of the molecule is CCCNCc1cc(COc2cccc(F)c2F)c(C)o1. The Morgan fingerprint density at radius 3 is 2.86 bits per heavy atom. The minimum atomic E-state index is -0.969. The molecule has 0 saturated heterocycles. The minimum absolute atomic E-state index is 0.0961. The highest BCUT2D eigenvalue weighted by Crippen LogP contribution is 2.22. The van der Waals surface area contributed by atoms with E-state index in [1.165, 1.54) is 12.1 Å². The lowest BCUT2D eigenvalue weighted by Crippen LogP contribution is -2.13. The highest BCUT2D eigenvalue weighted by molar-refractivity contribution is 5.26. The van der Waals surface area contributed by atoms with Crippen LogP contribution in [-0.4, -0.2) is 6.54 Å². The standard InChI is InChI=1S/C16H19F2NO2/c1-3-7-19-9-13-8-12(11(2)21-13)10-20-15-6-4-5-14(17)16(15)18/h4-6,8,19H,3,7,9-10H2,1-2H3. The van der Waals surface area contributed by atoms with Gasteiger partial charge in [0.2, 0.25) is 5.82 Å². The maximum absolute atomic E-state index is 13.5. The third kappa shape index (κ3) is 4.04. The summed E-state index contributed by atoms with van der Waals surface area (Å²) >= 11 is 0. The third-order valence-corrected chi connectivity index (χ3v) is 3.10. The predicted molar refractivity (Wildman–Crippen MR) is 76.1 cm³/mol. The molecule has 0 aliphatic rings. The topological polar surface area (TPSA) is 34.4 Å². The van der Waals surface area contributed by atoms with Gasteiger partial charge in [-0.15, -0.1) is 0 Å². The molecule has 0 atom stereocenters. The summed E-state index contributed by atoms with van der Waals surface area (Å²) in [5, 5.41) is 3.24. The molecule has 21 heavy (non-hydrogen) atoms. The van der Waals surface area contributed by atoms with Gasteiger partial charge in [0, 0.05) is 5.56 Å². The van der Waals surface area contributed by atoms with Gasteiger partial charge < -0.3 is 14.5 Å². The Bertz CT molecular complexity index is 596. The summed E-state index contributed by atoms with van der Waals surface area (Å²) in [4.78, 5) is 0. The number of furan rings is 1. The molecule has 1 aromatic carbocycles. The number of aryl methyl sites for hydroxylation is 1. The van der Waals surface area contributed by atoms with E-state index in [1.807, 2.05) is 13.0 Å². The van der Waals surface area contributed by atoms with Crippen molar-refractivity contribution in [2.24, 2.45) is 0 Å². The number of hydrogen-bond acceptors (Lipinski definition) is 3. The van der Waals surface area contributed by atoms with Crippen LogP contribution in [0.3, 0.4) is 0 Å². The Balaban J connectivity index is 1.98. The number of halogens is 2.